The van der Waals surface area contributed by atoms with Crippen LogP contribution in [0.25, 0.3) is 0 Å². The first kappa shape index (κ1) is 13.2. The van der Waals surface area contributed by atoms with Crippen molar-refractivity contribution in [1.82, 2.24) is 10.3 Å². The van der Waals surface area contributed by atoms with E-state index in [0.717, 1.165) is 11.3 Å². The van der Waals surface area contributed by atoms with Crippen LogP contribution in [0.2, 0.25) is 0 Å². The molecule has 1 aliphatic heterocycles. The van der Waals surface area contributed by atoms with Gasteiger partial charge < -0.3 is 20.1 Å². The summed E-state index contributed by atoms with van der Waals surface area (Å²) >= 11 is 0. The molecule has 2 heterocycles. The molecular formula is C15H15N3O3. The molecular weight excluding hydrogens is 270 g/mol. The summed E-state index contributed by atoms with van der Waals surface area (Å²) in [6.07, 6.45) is 0. The van der Waals surface area contributed by atoms with Crippen molar-refractivity contribution in [2.75, 3.05) is 19.2 Å². The summed E-state index contributed by atoms with van der Waals surface area (Å²) in [7, 11) is 1.76. The third kappa shape index (κ3) is 2.89. The third-order valence-corrected chi connectivity index (χ3v) is 3.13. The zero-order chi connectivity index (χ0) is 14.7. The predicted molar refractivity (Wildman–Crippen MR) is 77.5 cm³/mol. The second-order valence-electron chi connectivity index (χ2n) is 4.53. The number of benzene rings is 1. The Balaban J connectivity index is 1.65. The summed E-state index contributed by atoms with van der Waals surface area (Å²) in [5, 5.41) is 5.73. The molecule has 1 aliphatic rings. The summed E-state index contributed by atoms with van der Waals surface area (Å²) in [4.78, 5) is 16.3. The zero-order valence-corrected chi connectivity index (χ0v) is 11.6. The van der Waals surface area contributed by atoms with Crippen molar-refractivity contribution in [2.45, 2.75) is 6.54 Å². The largest absolute Gasteiger partial charge is 0.454 e. The van der Waals surface area contributed by atoms with Crippen LogP contribution in [0.1, 0.15) is 16.1 Å². The first-order valence-corrected chi connectivity index (χ1v) is 6.58. The summed E-state index contributed by atoms with van der Waals surface area (Å²) in [5.74, 6) is 1.88. The average molecular weight is 285 g/mol. The summed E-state index contributed by atoms with van der Waals surface area (Å²) in [6.45, 7) is 0.646. The molecule has 1 aromatic carbocycles. The molecule has 0 atom stereocenters. The van der Waals surface area contributed by atoms with Crippen molar-refractivity contribution < 1.29 is 14.3 Å². The van der Waals surface area contributed by atoms with Gasteiger partial charge >= 0.3 is 0 Å². The molecule has 0 radical (unpaired) electrons. The fraction of sp³-hybridized carbons (Fsp3) is 0.200. The van der Waals surface area contributed by atoms with Gasteiger partial charge in [0.25, 0.3) is 5.91 Å². The van der Waals surface area contributed by atoms with Crippen LogP contribution >= 0.6 is 0 Å². The number of ether oxygens (including phenoxy) is 2. The lowest BCUT2D eigenvalue weighted by Gasteiger charge is -2.07. The van der Waals surface area contributed by atoms with E-state index in [0.29, 0.717) is 23.8 Å². The lowest BCUT2D eigenvalue weighted by Crippen LogP contribution is -2.23. The van der Waals surface area contributed by atoms with E-state index in [-0.39, 0.29) is 12.7 Å². The average Bonchev–Trinajstić information content (AvgIpc) is 3.00. The Labute approximate surface area is 122 Å². The minimum atomic E-state index is -0.218. The first-order chi connectivity index (χ1) is 10.3. The van der Waals surface area contributed by atoms with Crippen LogP contribution in [0.4, 0.5) is 5.82 Å². The standard InChI is InChI=1S/C15H15N3O3/c1-16-14-4-2-3-11(18-14)15(19)17-8-10-5-6-12-13(7-10)21-9-20-12/h2-7H,8-9H2,1H3,(H,16,18)(H,17,19). The Kier molecular flexibility index (Phi) is 3.59. The Morgan fingerprint density at radius 3 is 2.95 bits per heavy atom. The number of hydrogen-bond donors (Lipinski definition) is 2. The minimum absolute atomic E-state index is 0.218. The lowest BCUT2D eigenvalue weighted by atomic mass is 10.2. The van der Waals surface area contributed by atoms with Crippen LogP contribution in [0, 0.1) is 0 Å². The highest BCUT2D eigenvalue weighted by molar-refractivity contribution is 5.92. The maximum atomic E-state index is 12.1. The van der Waals surface area contributed by atoms with E-state index in [1.165, 1.54) is 0 Å². The van der Waals surface area contributed by atoms with Gasteiger partial charge in [-0.2, -0.15) is 0 Å². The number of fused-ring (bicyclic) bond motifs is 1. The van der Waals surface area contributed by atoms with Crippen LogP contribution in [0.5, 0.6) is 11.5 Å². The molecule has 1 amide bonds. The van der Waals surface area contributed by atoms with Crippen LogP contribution in [0.3, 0.4) is 0 Å². The van der Waals surface area contributed by atoms with Crippen molar-refractivity contribution in [3.8, 4) is 11.5 Å². The number of carbonyl (C=O) groups excluding carboxylic acids is 1. The van der Waals surface area contributed by atoms with Crippen LogP contribution in [0.15, 0.2) is 36.4 Å². The van der Waals surface area contributed by atoms with E-state index in [4.69, 9.17) is 9.47 Å². The number of aromatic nitrogens is 1. The number of hydrogen-bond acceptors (Lipinski definition) is 5. The van der Waals surface area contributed by atoms with Gasteiger partial charge in [0.2, 0.25) is 6.79 Å². The van der Waals surface area contributed by atoms with Gasteiger partial charge in [-0.05, 0) is 29.8 Å². The zero-order valence-electron chi connectivity index (χ0n) is 11.6. The van der Waals surface area contributed by atoms with Crippen molar-refractivity contribution in [3.05, 3.63) is 47.7 Å². The van der Waals surface area contributed by atoms with E-state index >= 15 is 0 Å². The monoisotopic (exact) mass is 285 g/mol. The Hall–Kier alpha value is -2.76. The molecule has 0 aliphatic carbocycles. The summed E-state index contributed by atoms with van der Waals surface area (Å²) in [5.41, 5.74) is 1.32. The van der Waals surface area contributed by atoms with Crippen LogP contribution < -0.4 is 20.1 Å². The molecule has 108 valence electrons. The number of pyridine rings is 1. The highest BCUT2D eigenvalue weighted by atomic mass is 16.7. The molecule has 3 rings (SSSR count). The van der Waals surface area contributed by atoms with Crippen molar-refractivity contribution in [1.29, 1.82) is 0 Å². The van der Waals surface area contributed by atoms with Gasteiger partial charge in [0.15, 0.2) is 11.5 Å². The third-order valence-electron chi connectivity index (χ3n) is 3.13. The Bertz CT molecular complexity index is 673. The van der Waals surface area contributed by atoms with Gasteiger partial charge in [0.1, 0.15) is 11.5 Å². The SMILES string of the molecule is CNc1cccc(C(=O)NCc2ccc3c(c2)OCO3)n1. The molecule has 0 unspecified atom stereocenters. The number of nitrogens with one attached hydrogen (secondary N) is 2. The smallest absolute Gasteiger partial charge is 0.270 e. The molecule has 21 heavy (non-hydrogen) atoms. The number of anilines is 1. The van der Waals surface area contributed by atoms with Crippen molar-refractivity contribution in [3.63, 3.8) is 0 Å². The minimum Gasteiger partial charge on any atom is -0.454 e. The number of nitrogens with zero attached hydrogens (tertiary/aromatic N) is 1. The van der Waals surface area contributed by atoms with E-state index < -0.39 is 0 Å². The van der Waals surface area contributed by atoms with Crippen molar-refractivity contribution >= 4 is 11.7 Å². The summed E-state index contributed by atoms with van der Waals surface area (Å²) in [6, 6.07) is 10.9. The van der Waals surface area contributed by atoms with Gasteiger partial charge in [0, 0.05) is 13.6 Å². The number of carbonyl (C=O) groups is 1. The highest BCUT2D eigenvalue weighted by Crippen LogP contribution is 2.32. The molecule has 0 bridgehead atoms. The summed E-state index contributed by atoms with van der Waals surface area (Å²) < 4.78 is 10.6. The Morgan fingerprint density at radius 2 is 2.10 bits per heavy atom. The molecule has 0 saturated heterocycles. The molecule has 0 saturated carbocycles. The fourth-order valence-electron chi connectivity index (χ4n) is 2.02. The van der Waals surface area contributed by atoms with Gasteiger partial charge in [0.05, 0.1) is 0 Å². The van der Waals surface area contributed by atoms with Gasteiger partial charge in [-0.3, -0.25) is 4.79 Å². The molecule has 6 heteroatoms. The van der Waals surface area contributed by atoms with Crippen LogP contribution in [-0.2, 0) is 6.54 Å². The van der Waals surface area contributed by atoms with Crippen molar-refractivity contribution in [2.24, 2.45) is 0 Å². The number of amides is 1. The molecule has 0 spiro atoms. The fourth-order valence-corrected chi connectivity index (χ4v) is 2.02. The second-order valence-corrected chi connectivity index (χ2v) is 4.53. The van der Waals surface area contributed by atoms with E-state index in [1.54, 1.807) is 25.2 Å². The van der Waals surface area contributed by atoms with Crippen LogP contribution in [-0.4, -0.2) is 24.7 Å². The van der Waals surface area contributed by atoms with Gasteiger partial charge in [-0.25, -0.2) is 4.98 Å². The lowest BCUT2D eigenvalue weighted by molar-refractivity contribution is 0.0946. The van der Waals surface area contributed by atoms with E-state index in [1.807, 2.05) is 18.2 Å². The molecule has 6 nitrogen and oxygen atoms in total. The Morgan fingerprint density at radius 1 is 1.24 bits per heavy atom. The molecule has 1 aromatic heterocycles. The molecule has 2 N–H and O–H groups in total. The quantitative estimate of drug-likeness (QED) is 0.896. The maximum Gasteiger partial charge on any atom is 0.270 e. The molecule has 0 fully saturated rings. The van der Waals surface area contributed by atoms with E-state index in [9.17, 15) is 4.79 Å². The topological polar surface area (TPSA) is 72.5 Å². The highest BCUT2D eigenvalue weighted by Gasteiger charge is 2.14. The molecule has 2 aromatic rings. The van der Waals surface area contributed by atoms with Gasteiger partial charge in [-0.1, -0.05) is 12.1 Å². The normalized spacial score (nSPS) is 12.0. The first-order valence-electron chi connectivity index (χ1n) is 6.58. The second kappa shape index (κ2) is 5.70. The predicted octanol–water partition coefficient (Wildman–Crippen LogP) is 1.78. The number of rotatable bonds is 4. The maximum absolute atomic E-state index is 12.1. The van der Waals surface area contributed by atoms with Gasteiger partial charge in [-0.15, -0.1) is 0 Å². The van der Waals surface area contributed by atoms with E-state index in [2.05, 4.69) is 15.6 Å².